The van der Waals surface area contributed by atoms with Crippen molar-refractivity contribution in [2.75, 3.05) is 24.2 Å². The van der Waals surface area contributed by atoms with E-state index in [1.54, 1.807) is 30.3 Å². The first-order valence-corrected chi connectivity index (χ1v) is 16.7. The molecular weight excluding hydrogens is 576 g/mol. The van der Waals surface area contributed by atoms with Crippen molar-refractivity contribution in [2.45, 2.75) is 58.3 Å². The summed E-state index contributed by atoms with van der Waals surface area (Å²) in [7, 11) is -4.17. The van der Waals surface area contributed by atoms with E-state index in [-0.39, 0.29) is 17.9 Å². The van der Waals surface area contributed by atoms with Crippen LogP contribution in [0.15, 0.2) is 72.8 Å². The van der Waals surface area contributed by atoms with Gasteiger partial charge in [-0.15, -0.1) is 0 Å². The molecule has 0 aromatic heterocycles. The van der Waals surface area contributed by atoms with Crippen LogP contribution in [0.4, 0.5) is 5.69 Å². The van der Waals surface area contributed by atoms with Gasteiger partial charge in [0.15, 0.2) is 0 Å². The van der Waals surface area contributed by atoms with E-state index in [9.17, 15) is 18.0 Å². The van der Waals surface area contributed by atoms with E-state index in [0.717, 1.165) is 16.9 Å². The first-order valence-electron chi connectivity index (χ1n) is 15.1. The lowest BCUT2D eigenvalue weighted by atomic mass is 9.86. The van der Waals surface area contributed by atoms with Gasteiger partial charge in [-0.3, -0.25) is 14.1 Å². The average Bonchev–Trinajstić information content (AvgIpc) is 2.99. The van der Waals surface area contributed by atoms with Crippen LogP contribution in [0.2, 0.25) is 0 Å². The fraction of sp³-hybridized carbons (Fsp3) is 0.371. The highest BCUT2D eigenvalue weighted by molar-refractivity contribution is 7.85. The predicted molar refractivity (Wildman–Crippen MR) is 175 cm³/mol. The molecule has 1 aliphatic rings. The Morgan fingerprint density at radius 1 is 0.886 bits per heavy atom. The molecule has 0 spiro atoms. The molecule has 234 valence electrons. The molecule has 0 bridgehead atoms. The second-order valence-corrected chi connectivity index (χ2v) is 13.9. The fourth-order valence-corrected chi connectivity index (χ4v) is 5.48. The normalized spacial score (nSPS) is 14.6. The van der Waals surface area contributed by atoms with Crippen molar-refractivity contribution in [1.82, 2.24) is 5.32 Å². The quantitative estimate of drug-likeness (QED) is 0.124. The van der Waals surface area contributed by atoms with Crippen LogP contribution in [0.3, 0.4) is 0 Å². The molecule has 0 unspecified atom stereocenters. The summed E-state index contributed by atoms with van der Waals surface area (Å²) in [5, 5.41) is 5.47. The van der Waals surface area contributed by atoms with Crippen LogP contribution < -0.4 is 15.4 Å². The van der Waals surface area contributed by atoms with Gasteiger partial charge in [0.2, 0.25) is 0 Å². The van der Waals surface area contributed by atoms with Gasteiger partial charge in [-0.05, 0) is 83.3 Å². The number of rotatable bonds is 11. The Labute approximate surface area is 260 Å². The number of benzene rings is 3. The Balaban J connectivity index is 1.50. The summed E-state index contributed by atoms with van der Waals surface area (Å²) in [4.78, 5) is 26.0. The summed E-state index contributed by atoms with van der Waals surface area (Å²) < 4.78 is 36.7. The van der Waals surface area contributed by atoms with Crippen LogP contribution in [0.25, 0.3) is 11.6 Å². The average molecular weight is 619 g/mol. The SMILES string of the molecule is CC(C)(C)c1ccc(/C(=C\c2ccc(C(=O)NCCS(=O)(=O)O)cc2)C(=O)Nc2ccc(OCC3CCCCC3)cc2)cc1. The number of amides is 2. The molecule has 1 aliphatic carbocycles. The van der Waals surface area contributed by atoms with Crippen molar-refractivity contribution >= 4 is 39.3 Å². The van der Waals surface area contributed by atoms with Gasteiger partial charge < -0.3 is 15.4 Å². The van der Waals surface area contributed by atoms with Gasteiger partial charge in [0.1, 0.15) is 5.75 Å². The van der Waals surface area contributed by atoms with Gasteiger partial charge in [0, 0.05) is 23.4 Å². The van der Waals surface area contributed by atoms with Gasteiger partial charge in [-0.25, -0.2) is 0 Å². The molecule has 0 radical (unpaired) electrons. The summed E-state index contributed by atoms with van der Waals surface area (Å²) >= 11 is 0. The largest absolute Gasteiger partial charge is 0.493 e. The lowest BCUT2D eigenvalue weighted by Crippen LogP contribution is -2.28. The smallest absolute Gasteiger partial charge is 0.266 e. The van der Waals surface area contributed by atoms with Gasteiger partial charge in [0.25, 0.3) is 21.9 Å². The molecule has 0 saturated heterocycles. The zero-order valence-corrected chi connectivity index (χ0v) is 26.5. The summed E-state index contributed by atoms with van der Waals surface area (Å²) in [5.41, 5.74) is 3.98. The Bertz CT molecular complexity index is 1550. The maximum absolute atomic E-state index is 13.6. The van der Waals surface area contributed by atoms with Gasteiger partial charge in [-0.2, -0.15) is 8.42 Å². The van der Waals surface area contributed by atoms with Crippen LogP contribution in [0.5, 0.6) is 5.75 Å². The van der Waals surface area contributed by atoms with E-state index < -0.39 is 21.8 Å². The number of nitrogens with one attached hydrogen (secondary N) is 2. The molecule has 2 amide bonds. The zero-order valence-electron chi connectivity index (χ0n) is 25.6. The standard InChI is InChI=1S/C35H42N2O6S/c1-35(2,3)29-15-13-27(14-16-29)32(23-25-9-11-28(12-10-25)33(38)36-21-22-44(40,41)42)34(39)37-30-17-19-31(20-18-30)43-24-26-7-5-4-6-8-26/h9-20,23,26H,4-8,21-22,24H2,1-3H3,(H,36,38)(H,37,39)(H,40,41,42)/b32-23+. The third-order valence-corrected chi connectivity index (χ3v) is 8.48. The van der Waals surface area contributed by atoms with E-state index in [0.29, 0.717) is 34.9 Å². The predicted octanol–water partition coefficient (Wildman–Crippen LogP) is 6.74. The zero-order chi connectivity index (χ0) is 31.7. The van der Waals surface area contributed by atoms with Crippen LogP contribution in [-0.4, -0.2) is 43.7 Å². The summed E-state index contributed by atoms with van der Waals surface area (Å²) in [6, 6.07) is 22.0. The number of hydrogen-bond donors (Lipinski definition) is 3. The van der Waals surface area contributed by atoms with E-state index in [2.05, 4.69) is 31.4 Å². The lowest BCUT2D eigenvalue weighted by molar-refractivity contribution is -0.111. The maximum atomic E-state index is 13.6. The van der Waals surface area contributed by atoms with E-state index in [4.69, 9.17) is 9.29 Å². The highest BCUT2D eigenvalue weighted by Gasteiger charge is 2.18. The molecule has 0 atom stereocenters. The Hall–Kier alpha value is -3.95. The summed E-state index contributed by atoms with van der Waals surface area (Å²) in [6.45, 7) is 6.91. The minimum absolute atomic E-state index is 0.0385. The molecule has 9 heteroatoms. The van der Waals surface area contributed by atoms with Crippen molar-refractivity contribution in [2.24, 2.45) is 5.92 Å². The Morgan fingerprint density at radius 2 is 1.50 bits per heavy atom. The van der Waals surface area contributed by atoms with Gasteiger partial charge in [-0.1, -0.05) is 76.4 Å². The molecular formula is C35H42N2O6S. The highest BCUT2D eigenvalue weighted by atomic mass is 32.2. The number of ether oxygens (including phenoxy) is 1. The molecule has 1 fully saturated rings. The molecule has 8 nitrogen and oxygen atoms in total. The maximum Gasteiger partial charge on any atom is 0.266 e. The molecule has 44 heavy (non-hydrogen) atoms. The van der Waals surface area contributed by atoms with Crippen molar-refractivity contribution in [1.29, 1.82) is 0 Å². The van der Waals surface area contributed by atoms with Crippen molar-refractivity contribution in [3.05, 3.63) is 95.1 Å². The van der Waals surface area contributed by atoms with Gasteiger partial charge in [0.05, 0.1) is 12.4 Å². The minimum atomic E-state index is -4.17. The van der Waals surface area contributed by atoms with E-state index in [1.165, 1.54) is 32.1 Å². The molecule has 0 heterocycles. The molecule has 3 N–H and O–H groups in total. The molecule has 4 rings (SSSR count). The van der Waals surface area contributed by atoms with E-state index >= 15 is 0 Å². The third-order valence-electron chi connectivity index (χ3n) is 7.76. The second kappa shape index (κ2) is 14.7. The third kappa shape index (κ3) is 10.1. The number of carbonyl (C=O) groups excluding carboxylic acids is 2. The van der Waals surface area contributed by atoms with Crippen LogP contribution in [0.1, 0.15) is 79.9 Å². The first-order chi connectivity index (χ1) is 20.9. The first kappa shape index (κ1) is 33.0. The molecule has 3 aromatic rings. The Morgan fingerprint density at radius 3 is 2.09 bits per heavy atom. The highest BCUT2D eigenvalue weighted by Crippen LogP contribution is 2.28. The van der Waals surface area contributed by atoms with Gasteiger partial charge >= 0.3 is 0 Å². The summed E-state index contributed by atoms with van der Waals surface area (Å²) in [5.74, 6) is 0.0724. The van der Waals surface area contributed by atoms with E-state index in [1.807, 2.05) is 48.5 Å². The molecule has 1 saturated carbocycles. The lowest BCUT2D eigenvalue weighted by Gasteiger charge is -2.21. The van der Waals surface area contributed by atoms with Crippen LogP contribution in [0, 0.1) is 5.92 Å². The van der Waals surface area contributed by atoms with Crippen molar-refractivity contribution in [3.63, 3.8) is 0 Å². The van der Waals surface area contributed by atoms with Crippen molar-refractivity contribution < 1.29 is 27.3 Å². The minimum Gasteiger partial charge on any atom is -0.493 e. The number of anilines is 1. The molecule has 3 aromatic carbocycles. The van der Waals surface area contributed by atoms with Crippen LogP contribution in [-0.2, 0) is 20.3 Å². The number of hydrogen-bond acceptors (Lipinski definition) is 5. The number of carbonyl (C=O) groups is 2. The fourth-order valence-electron chi connectivity index (χ4n) is 5.12. The monoisotopic (exact) mass is 618 g/mol. The molecule has 0 aliphatic heterocycles. The Kier molecular flexibility index (Phi) is 11.0. The topological polar surface area (TPSA) is 122 Å². The van der Waals surface area contributed by atoms with Crippen LogP contribution >= 0.6 is 0 Å². The summed E-state index contributed by atoms with van der Waals surface area (Å²) in [6.07, 6.45) is 8.05. The van der Waals surface area contributed by atoms with Crippen molar-refractivity contribution in [3.8, 4) is 5.75 Å². The second-order valence-electron chi connectivity index (χ2n) is 12.3.